The summed E-state index contributed by atoms with van der Waals surface area (Å²) >= 11 is 0. The average molecular weight is 283 g/mol. The third-order valence-corrected chi connectivity index (χ3v) is 3.04. The molecule has 0 aliphatic heterocycles. The van der Waals surface area contributed by atoms with Gasteiger partial charge in [-0.3, -0.25) is 4.79 Å². The molecule has 1 atom stereocenters. The summed E-state index contributed by atoms with van der Waals surface area (Å²) in [4.78, 5) is 12.4. The molecule has 1 heterocycles. The molecule has 2 aromatic rings. The zero-order valence-corrected chi connectivity index (χ0v) is 12.0. The van der Waals surface area contributed by atoms with Crippen LogP contribution in [0.3, 0.4) is 0 Å². The molecule has 0 spiro atoms. The summed E-state index contributed by atoms with van der Waals surface area (Å²) in [7, 11) is 0. The molecule has 0 fully saturated rings. The second kappa shape index (κ2) is 6.78. The van der Waals surface area contributed by atoms with Gasteiger partial charge in [0.15, 0.2) is 0 Å². The Kier molecular flexibility index (Phi) is 4.81. The van der Waals surface area contributed by atoms with E-state index >= 15 is 0 Å². The number of rotatable bonds is 3. The van der Waals surface area contributed by atoms with Crippen molar-refractivity contribution in [3.63, 3.8) is 0 Å². The van der Waals surface area contributed by atoms with E-state index in [1.54, 1.807) is 18.4 Å². The van der Waals surface area contributed by atoms with Crippen molar-refractivity contribution in [2.75, 3.05) is 6.61 Å². The van der Waals surface area contributed by atoms with Crippen LogP contribution in [0.25, 0.3) is 0 Å². The Bertz CT molecular complexity index is 678. The van der Waals surface area contributed by atoms with Crippen molar-refractivity contribution in [2.45, 2.75) is 19.9 Å². The second-order valence-electron chi connectivity index (χ2n) is 4.72. The highest BCUT2D eigenvalue weighted by atomic mass is 16.3. The summed E-state index contributed by atoms with van der Waals surface area (Å²) in [5.41, 5.74) is 2.10. The number of aryl methyl sites for hydroxylation is 1. The first-order chi connectivity index (χ1) is 10.1. The summed E-state index contributed by atoms with van der Waals surface area (Å²) in [5, 5.41) is 11.7. The number of carbonyl (C=O) groups excluding carboxylic acids is 1. The Morgan fingerprint density at radius 1 is 1.43 bits per heavy atom. The number of nitrogens with one attached hydrogen (secondary N) is 1. The Morgan fingerprint density at radius 2 is 2.24 bits per heavy atom. The van der Waals surface area contributed by atoms with Crippen molar-refractivity contribution in [2.24, 2.45) is 0 Å². The van der Waals surface area contributed by atoms with Gasteiger partial charge in [0, 0.05) is 5.56 Å². The quantitative estimate of drug-likeness (QED) is 0.850. The molecule has 108 valence electrons. The van der Waals surface area contributed by atoms with E-state index in [0.29, 0.717) is 16.9 Å². The molecule has 0 aliphatic carbocycles. The van der Waals surface area contributed by atoms with Crippen LogP contribution < -0.4 is 5.32 Å². The first-order valence-electron chi connectivity index (χ1n) is 6.66. The standard InChI is InChI=1S/C17H17NO3/c1-12-7-8-15(14(11-12)5-3-9-19)17(20)18-13(2)16-6-4-10-21-16/h4,6-8,10-11,13,19H,9H2,1-2H3,(H,18,20). The number of benzene rings is 1. The molecule has 0 saturated carbocycles. The molecule has 4 nitrogen and oxygen atoms in total. The Morgan fingerprint density at radius 3 is 2.90 bits per heavy atom. The first kappa shape index (κ1) is 14.9. The molecule has 0 bridgehead atoms. The van der Waals surface area contributed by atoms with E-state index in [1.165, 1.54) is 0 Å². The van der Waals surface area contributed by atoms with Crippen LogP contribution in [0.1, 0.15) is 40.2 Å². The zero-order chi connectivity index (χ0) is 15.2. The molecule has 21 heavy (non-hydrogen) atoms. The number of amides is 1. The van der Waals surface area contributed by atoms with Crippen LogP contribution in [-0.2, 0) is 0 Å². The van der Waals surface area contributed by atoms with Gasteiger partial charge in [-0.05, 0) is 43.7 Å². The van der Waals surface area contributed by atoms with Gasteiger partial charge in [-0.15, -0.1) is 0 Å². The Hall–Kier alpha value is -2.51. The van der Waals surface area contributed by atoms with Crippen molar-refractivity contribution in [1.29, 1.82) is 0 Å². The fourth-order valence-electron chi connectivity index (χ4n) is 1.98. The van der Waals surface area contributed by atoms with Crippen molar-refractivity contribution in [1.82, 2.24) is 5.32 Å². The van der Waals surface area contributed by atoms with Crippen LogP contribution in [0.2, 0.25) is 0 Å². The average Bonchev–Trinajstić information content (AvgIpc) is 2.99. The van der Waals surface area contributed by atoms with Crippen LogP contribution in [0.5, 0.6) is 0 Å². The SMILES string of the molecule is Cc1ccc(C(=O)NC(C)c2ccco2)c(C#CCO)c1. The highest BCUT2D eigenvalue weighted by molar-refractivity contribution is 5.97. The number of aliphatic hydroxyl groups excluding tert-OH is 1. The molecule has 1 aromatic carbocycles. The van der Waals surface area contributed by atoms with E-state index < -0.39 is 0 Å². The van der Waals surface area contributed by atoms with Crippen LogP contribution >= 0.6 is 0 Å². The Labute approximate surface area is 123 Å². The number of carbonyl (C=O) groups is 1. The normalized spacial score (nSPS) is 11.4. The van der Waals surface area contributed by atoms with E-state index in [2.05, 4.69) is 17.2 Å². The van der Waals surface area contributed by atoms with Crippen molar-refractivity contribution in [3.8, 4) is 11.8 Å². The number of hydrogen-bond donors (Lipinski definition) is 2. The van der Waals surface area contributed by atoms with Gasteiger partial charge in [-0.25, -0.2) is 0 Å². The topological polar surface area (TPSA) is 62.5 Å². The molecule has 4 heteroatoms. The third-order valence-electron chi connectivity index (χ3n) is 3.04. The summed E-state index contributed by atoms with van der Waals surface area (Å²) in [5.74, 6) is 5.86. The number of furan rings is 1. The van der Waals surface area contributed by atoms with E-state index in [1.807, 2.05) is 32.0 Å². The fourth-order valence-corrected chi connectivity index (χ4v) is 1.98. The molecule has 0 saturated heterocycles. The smallest absolute Gasteiger partial charge is 0.253 e. The van der Waals surface area contributed by atoms with Gasteiger partial charge in [-0.2, -0.15) is 0 Å². The maximum atomic E-state index is 12.4. The maximum Gasteiger partial charge on any atom is 0.253 e. The summed E-state index contributed by atoms with van der Waals surface area (Å²) < 4.78 is 5.27. The van der Waals surface area contributed by atoms with E-state index in [4.69, 9.17) is 9.52 Å². The van der Waals surface area contributed by atoms with E-state index in [-0.39, 0.29) is 18.6 Å². The second-order valence-corrected chi connectivity index (χ2v) is 4.72. The lowest BCUT2D eigenvalue weighted by Gasteiger charge is -2.12. The lowest BCUT2D eigenvalue weighted by atomic mass is 10.0. The summed E-state index contributed by atoms with van der Waals surface area (Å²) in [6.07, 6.45) is 1.57. The number of hydrogen-bond acceptors (Lipinski definition) is 3. The molecule has 2 rings (SSSR count). The third kappa shape index (κ3) is 3.74. The molecule has 1 amide bonds. The maximum absolute atomic E-state index is 12.4. The van der Waals surface area contributed by atoms with E-state index in [0.717, 1.165) is 5.56 Å². The van der Waals surface area contributed by atoms with Crippen molar-refractivity contribution < 1.29 is 14.3 Å². The molecule has 1 unspecified atom stereocenters. The van der Waals surface area contributed by atoms with Gasteiger partial charge < -0.3 is 14.8 Å². The largest absolute Gasteiger partial charge is 0.467 e. The highest BCUT2D eigenvalue weighted by Gasteiger charge is 2.15. The number of aliphatic hydroxyl groups is 1. The molecule has 0 radical (unpaired) electrons. The van der Waals surface area contributed by atoms with Crippen LogP contribution in [0.15, 0.2) is 41.0 Å². The molecular formula is C17H17NO3. The van der Waals surface area contributed by atoms with Gasteiger partial charge in [0.05, 0.1) is 17.9 Å². The Balaban J connectivity index is 2.22. The summed E-state index contributed by atoms with van der Waals surface area (Å²) in [6, 6.07) is 8.79. The first-order valence-corrected chi connectivity index (χ1v) is 6.66. The highest BCUT2D eigenvalue weighted by Crippen LogP contribution is 2.15. The van der Waals surface area contributed by atoms with Gasteiger partial charge in [-0.1, -0.05) is 17.9 Å². The molecule has 0 aliphatic rings. The van der Waals surface area contributed by atoms with Gasteiger partial charge >= 0.3 is 0 Å². The van der Waals surface area contributed by atoms with Crippen molar-refractivity contribution >= 4 is 5.91 Å². The fraction of sp³-hybridized carbons (Fsp3) is 0.235. The lowest BCUT2D eigenvalue weighted by molar-refractivity contribution is 0.0935. The minimum absolute atomic E-state index is 0.221. The lowest BCUT2D eigenvalue weighted by Crippen LogP contribution is -2.27. The zero-order valence-electron chi connectivity index (χ0n) is 12.0. The van der Waals surface area contributed by atoms with Crippen LogP contribution in [0, 0.1) is 18.8 Å². The van der Waals surface area contributed by atoms with E-state index in [9.17, 15) is 4.79 Å². The molecule has 2 N–H and O–H groups in total. The molecule has 1 aromatic heterocycles. The van der Waals surface area contributed by atoms with Crippen LogP contribution in [0.4, 0.5) is 0 Å². The molecular weight excluding hydrogens is 266 g/mol. The summed E-state index contributed by atoms with van der Waals surface area (Å²) in [6.45, 7) is 3.54. The van der Waals surface area contributed by atoms with Gasteiger partial charge in [0.25, 0.3) is 5.91 Å². The van der Waals surface area contributed by atoms with Gasteiger partial charge in [0.2, 0.25) is 0 Å². The minimum atomic E-state index is -0.238. The predicted molar refractivity (Wildman–Crippen MR) is 79.7 cm³/mol. The predicted octanol–water partition coefficient (Wildman–Crippen LogP) is 2.42. The minimum Gasteiger partial charge on any atom is -0.467 e. The monoisotopic (exact) mass is 283 g/mol. The van der Waals surface area contributed by atoms with Gasteiger partial charge in [0.1, 0.15) is 12.4 Å². The van der Waals surface area contributed by atoms with Crippen molar-refractivity contribution in [3.05, 3.63) is 59.0 Å². The van der Waals surface area contributed by atoms with Crippen LogP contribution in [-0.4, -0.2) is 17.6 Å².